The molecule has 0 radical (unpaired) electrons. The van der Waals surface area contributed by atoms with Crippen molar-refractivity contribution in [2.24, 2.45) is 0 Å². The predicted molar refractivity (Wildman–Crippen MR) is 92.8 cm³/mol. The fraction of sp³-hybridized carbons (Fsp3) is 0.286. The van der Waals surface area contributed by atoms with Gasteiger partial charge in [0.1, 0.15) is 5.75 Å². The van der Waals surface area contributed by atoms with Gasteiger partial charge in [0.25, 0.3) is 0 Å². The lowest BCUT2D eigenvalue weighted by molar-refractivity contribution is 0.337. The normalized spacial score (nSPS) is 12.5. The maximum Gasteiger partial charge on any atom is 0.123 e. The minimum absolute atomic E-state index is 0.117. The van der Waals surface area contributed by atoms with Gasteiger partial charge < -0.3 is 4.74 Å². The van der Waals surface area contributed by atoms with Crippen molar-refractivity contribution in [2.45, 2.75) is 18.7 Å². The van der Waals surface area contributed by atoms with E-state index in [1.807, 2.05) is 13.0 Å². The van der Waals surface area contributed by atoms with E-state index in [1.54, 1.807) is 11.3 Å². The molecule has 1 unspecified atom stereocenters. The highest BCUT2D eigenvalue weighted by Crippen LogP contribution is 2.44. The minimum atomic E-state index is 0.117. The summed E-state index contributed by atoms with van der Waals surface area (Å²) in [7, 11) is 0. The molecule has 19 heavy (non-hydrogen) atoms. The van der Waals surface area contributed by atoms with Crippen LogP contribution in [-0.4, -0.2) is 6.61 Å². The smallest absolute Gasteiger partial charge is 0.123 e. The topological polar surface area (TPSA) is 9.23 Å². The second-order valence-electron chi connectivity index (χ2n) is 4.12. The molecular weight excluding hydrogens is 456 g/mol. The van der Waals surface area contributed by atoms with Crippen LogP contribution in [0, 0.1) is 6.92 Å². The molecule has 0 spiro atoms. The zero-order valence-electron chi connectivity index (χ0n) is 10.5. The van der Waals surface area contributed by atoms with E-state index in [0.29, 0.717) is 6.61 Å². The predicted octanol–water partition coefficient (Wildman–Crippen LogP) is 6.46. The number of rotatable bonds is 4. The minimum Gasteiger partial charge on any atom is -0.494 e. The molecule has 1 aromatic heterocycles. The molecule has 0 aliphatic carbocycles. The first-order chi connectivity index (χ1) is 9.02. The van der Waals surface area contributed by atoms with Crippen LogP contribution in [0.5, 0.6) is 5.75 Å². The fourth-order valence-corrected chi connectivity index (χ4v) is 5.93. The van der Waals surface area contributed by atoms with Crippen molar-refractivity contribution in [3.63, 3.8) is 0 Å². The molecule has 1 aromatic carbocycles. The number of aryl methyl sites for hydroxylation is 1. The Bertz CT molecular complexity index is 580. The molecule has 0 aliphatic heterocycles. The molecule has 1 nitrogen and oxygen atoms in total. The van der Waals surface area contributed by atoms with E-state index in [0.717, 1.165) is 18.9 Å². The lowest BCUT2D eigenvalue weighted by Crippen LogP contribution is -2.00. The van der Waals surface area contributed by atoms with Gasteiger partial charge in [-0.2, -0.15) is 0 Å². The molecule has 0 N–H and O–H groups in total. The lowest BCUT2D eigenvalue weighted by Gasteiger charge is -2.16. The third kappa shape index (κ3) is 3.63. The molecule has 0 aliphatic rings. The molecule has 1 atom stereocenters. The van der Waals surface area contributed by atoms with Gasteiger partial charge >= 0.3 is 0 Å². The first kappa shape index (κ1) is 15.5. The number of halogens is 3. The van der Waals surface area contributed by atoms with E-state index < -0.39 is 0 Å². The van der Waals surface area contributed by atoms with Crippen molar-refractivity contribution in [3.8, 4) is 5.75 Å². The molecule has 0 amide bonds. The van der Waals surface area contributed by atoms with Gasteiger partial charge in [0.15, 0.2) is 0 Å². The summed E-state index contributed by atoms with van der Waals surface area (Å²) < 4.78 is 7.97. The van der Waals surface area contributed by atoms with Crippen molar-refractivity contribution >= 4 is 59.1 Å². The number of ether oxygens (including phenoxy) is 1. The van der Waals surface area contributed by atoms with Crippen LogP contribution in [0.4, 0.5) is 0 Å². The van der Waals surface area contributed by atoms with Crippen LogP contribution < -0.4 is 4.74 Å². The molecule has 102 valence electrons. The Labute approximate surface area is 142 Å². The highest BCUT2D eigenvalue weighted by Gasteiger charge is 2.20. The average Bonchev–Trinajstić information content (AvgIpc) is 2.70. The summed E-state index contributed by atoms with van der Waals surface area (Å²) in [6, 6.07) is 8.42. The summed E-state index contributed by atoms with van der Waals surface area (Å²) in [6.07, 6.45) is 0. The third-order valence-electron chi connectivity index (χ3n) is 2.69. The fourth-order valence-electron chi connectivity index (χ4n) is 1.85. The Morgan fingerprint density at radius 2 is 1.95 bits per heavy atom. The Hall–Kier alpha value is 0.160. The number of alkyl halides is 1. The van der Waals surface area contributed by atoms with Gasteiger partial charge in [-0.05, 0) is 63.4 Å². The number of thiophene rings is 1. The van der Waals surface area contributed by atoms with Gasteiger partial charge in [-0.3, -0.25) is 0 Å². The summed E-state index contributed by atoms with van der Waals surface area (Å²) in [4.78, 5) is 0.117. The van der Waals surface area contributed by atoms with Crippen molar-refractivity contribution in [1.82, 2.24) is 0 Å². The van der Waals surface area contributed by atoms with E-state index in [-0.39, 0.29) is 4.83 Å². The second kappa shape index (κ2) is 6.74. The zero-order chi connectivity index (χ0) is 14.0. The van der Waals surface area contributed by atoms with Gasteiger partial charge in [0.2, 0.25) is 0 Å². The Morgan fingerprint density at radius 3 is 2.53 bits per heavy atom. The molecule has 0 saturated carbocycles. The molecular formula is C14H13Br3OS. The van der Waals surface area contributed by atoms with E-state index in [2.05, 4.69) is 72.9 Å². The maximum atomic E-state index is 5.73. The molecule has 0 bridgehead atoms. The van der Waals surface area contributed by atoms with Crippen molar-refractivity contribution in [3.05, 3.63) is 48.5 Å². The SMILES string of the molecule is CCOc1ccc(C)cc1C(Br)c1cc(Br)sc1Br. The van der Waals surface area contributed by atoms with Crippen molar-refractivity contribution < 1.29 is 4.74 Å². The van der Waals surface area contributed by atoms with Crippen LogP contribution >= 0.6 is 59.1 Å². The summed E-state index contributed by atoms with van der Waals surface area (Å²) >= 11 is 12.6. The summed E-state index contributed by atoms with van der Waals surface area (Å²) in [6.45, 7) is 4.77. The number of benzene rings is 1. The van der Waals surface area contributed by atoms with Crippen LogP contribution in [0.25, 0.3) is 0 Å². The van der Waals surface area contributed by atoms with Gasteiger partial charge in [0, 0.05) is 5.56 Å². The van der Waals surface area contributed by atoms with Gasteiger partial charge in [-0.25, -0.2) is 0 Å². The van der Waals surface area contributed by atoms with E-state index in [9.17, 15) is 0 Å². The van der Waals surface area contributed by atoms with Gasteiger partial charge in [-0.1, -0.05) is 33.6 Å². The van der Waals surface area contributed by atoms with Gasteiger partial charge in [0.05, 0.1) is 19.0 Å². The zero-order valence-corrected chi connectivity index (χ0v) is 16.1. The molecule has 0 fully saturated rings. The van der Waals surface area contributed by atoms with Crippen LogP contribution in [0.15, 0.2) is 31.8 Å². The Morgan fingerprint density at radius 1 is 1.21 bits per heavy atom. The van der Waals surface area contributed by atoms with Crippen molar-refractivity contribution in [2.75, 3.05) is 6.61 Å². The summed E-state index contributed by atoms with van der Waals surface area (Å²) in [5.41, 5.74) is 3.60. The molecule has 0 saturated heterocycles. The summed E-state index contributed by atoms with van der Waals surface area (Å²) in [5, 5.41) is 0. The molecule has 5 heteroatoms. The quantitative estimate of drug-likeness (QED) is 0.467. The summed E-state index contributed by atoms with van der Waals surface area (Å²) in [5.74, 6) is 0.934. The Kier molecular flexibility index (Phi) is 5.52. The van der Waals surface area contributed by atoms with E-state index in [1.165, 1.54) is 11.1 Å². The highest BCUT2D eigenvalue weighted by molar-refractivity contribution is 9.12. The van der Waals surface area contributed by atoms with Gasteiger partial charge in [-0.15, -0.1) is 11.3 Å². The lowest BCUT2D eigenvalue weighted by atomic mass is 10.0. The highest BCUT2D eigenvalue weighted by atomic mass is 79.9. The number of hydrogen-bond acceptors (Lipinski definition) is 2. The maximum absolute atomic E-state index is 5.73. The third-order valence-corrected chi connectivity index (χ3v) is 6.07. The second-order valence-corrected chi connectivity index (χ2v) is 8.78. The van der Waals surface area contributed by atoms with Crippen molar-refractivity contribution in [1.29, 1.82) is 0 Å². The van der Waals surface area contributed by atoms with Crippen LogP contribution in [-0.2, 0) is 0 Å². The van der Waals surface area contributed by atoms with Crippen LogP contribution in [0.1, 0.15) is 28.4 Å². The number of hydrogen-bond donors (Lipinski definition) is 0. The van der Waals surface area contributed by atoms with E-state index >= 15 is 0 Å². The first-order valence-electron chi connectivity index (χ1n) is 5.85. The molecule has 1 heterocycles. The molecule has 2 aromatic rings. The largest absolute Gasteiger partial charge is 0.494 e. The average molecular weight is 469 g/mol. The van der Waals surface area contributed by atoms with Crippen LogP contribution in [0.2, 0.25) is 0 Å². The Balaban J connectivity index is 2.45. The van der Waals surface area contributed by atoms with E-state index in [4.69, 9.17) is 4.74 Å². The first-order valence-corrected chi connectivity index (χ1v) is 9.17. The molecule has 2 rings (SSSR count). The monoisotopic (exact) mass is 466 g/mol. The standard InChI is InChI=1S/C14H13Br3OS/c1-3-18-11-5-4-8(2)6-9(11)13(16)10-7-12(15)19-14(10)17/h4-7,13H,3H2,1-2H3. The van der Waals surface area contributed by atoms with Crippen LogP contribution in [0.3, 0.4) is 0 Å².